The zero-order valence-corrected chi connectivity index (χ0v) is 8.22. The van der Waals surface area contributed by atoms with E-state index in [0.717, 1.165) is 12.8 Å². The quantitative estimate of drug-likeness (QED) is 0.747. The molecule has 1 unspecified atom stereocenters. The SMILES string of the molecule is N#Cc1nccnc1NCC(O)C1CC1. The van der Waals surface area contributed by atoms with Gasteiger partial charge in [-0.25, -0.2) is 9.97 Å². The molecule has 1 aliphatic rings. The molecule has 1 fully saturated rings. The Morgan fingerprint density at radius 1 is 1.53 bits per heavy atom. The maximum Gasteiger partial charge on any atom is 0.182 e. The number of rotatable bonds is 4. The van der Waals surface area contributed by atoms with Crippen molar-refractivity contribution in [2.45, 2.75) is 18.9 Å². The highest BCUT2D eigenvalue weighted by Crippen LogP contribution is 2.32. The lowest BCUT2D eigenvalue weighted by molar-refractivity contribution is 0.164. The van der Waals surface area contributed by atoms with Gasteiger partial charge < -0.3 is 10.4 Å². The van der Waals surface area contributed by atoms with Crippen LogP contribution in [0, 0.1) is 17.2 Å². The maximum atomic E-state index is 9.62. The fraction of sp³-hybridized carbons (Fsp3) is 0.500. The number of hydrogen-bond donors (Lipinski definition) is 2. The van der Waals surface area contributed by atoms with E-state index in [1.54, 1.807) is 0 Å². The maximum absolute atomic E-state index is 9.62. The molecule has 1 aromatic heterocycles. The number of aliphatic hydroxyl groups excluding tert-OH is 1. The minimum Gasteiger partial charge on any atom is -0.391 e. The third-order valence-corrected chi connectivity index (χ3v) is 2.45. The first-order valence-corrected chi connectivity index (χ1v) is 4.94. The monoisotopic (exact) mass is 204 g/mol. The Labute approximate surface area is 87.8 Å². The summed E-state index contributed by atoms with van der Waals surface area (Å²) in [4.78, 5) is 7.86. The predicted octanol–water partition coefficient (Wildman–Crippen LogP) is 0.531. The molecule has 0 saturated heterocycles. The molecule has 0 amide bonds. The average Bonchev–Trinajstić information content (AvgIpc) is 3.10. The van der Waals surface area contributed by atoms with Gasteiger partial charge in [0.25, 0.3) is 0 Å². The molecule has 0 spiro atoms. The van der Waals surface area contributed by atoms with Gasteiger partial charge in [-0.15, -0.1) is 0 Å². The Morgan fingerprint density at radius 2 is 2.27 bits per heavy atom. The smallest absolute Gasteiger partial charge is 0.182 e. The van der Waals surface area contributed by atoms with E-state index in [9.17, 15) is 5.11 Å². The van der Waals surface area contributed by atoms with Crippen molar-refractivity contribution in [2.75, 3.05) is 11.9 Å². The van der Waals surface area contributed by atoms with Crippen molar-refractivity contribution >= 4 is 5.82 Å². The number of hydrogen-bond acceptors (Lipinski definition) is 5. The van der Waals surface area contributed by atoms with Crippen molar-refractivity contribution in [3.8, 4) is 6.07 Å². The first-order valence-electron chi connectivity index (χ1n) is 4.94. The molecule has 1 atom stereocenters. The minimum atomic E-state index is -0.349. The first kappa shape index (κ1) is 9.87. The molecule has 0 aliphatic heterocycles. The van der Waals surface area contributed by atoms with E-state index < -0.39 is 0 Å². The van der Waals surface area contributed by atoms with E-state index in [0.29, 0.717) is 18.3 Å². The van der Waals surface area contributed by atoms with Gasteiger partial charge in [-0.2, -0.15) is 5.26 Å². The molecule has 1 aliphatic carbocycles. The van der Waals surface area contributed by atoms with E-state index in [4.69, 9.17) is 5.26 Å². The zero-order valence-electron chi connectivity index (χ0n) is 8.22. The van der Waals surface area contributed by atoms with E-state index in [1.807, 2.05) is 6.07 Å². The second-order valence-corrected chi connectivity index (χ2v) is 3.65. The summed E-state index contributed by atoms with van der Waals surface area (Å²) in [5, 5.41) is 21.3. The van der Waals surface area contributed by atoms with Gasteiger partial charge in [0.05, 0.1) is 6.10 Å². The summed E-state index contributed by atoms with van der Waals surface area (Å²) in [5.74, 6) is 0.861. The molecule has 5 heteroatoms. The highest BCUT2D eigenvalue weighted by molar-refractivity contribution is 5.46. The van der Waals surface area contributed by atoms with Crippen molar-refractivity contribution in [2.24, 2.45) is 5.92 Å². The average molecular weight is 204 g/mol. The Morgan fingerprint density at radius 3 is 2.93 bits per heavy atom. The molecule has 1 aromatic rings. The van der Waals surface area contributed by atoms with Crippen LogP contribution in [0.4, 0.5) is 5.82 Å². The van der Waals surface area contributed by atoms with Crippen LogP contribution in [0.1, 0.15) is 18.5 Å². The number of nitrogens with zero attached hydrogens (tertiary/aromatic N) is 3. The Kier molecular flexibility index (Phi) is 2.79. The molecule has 0 bridgehead atoms. The topological polar surface area (TPSA) is 81.8 Å². The highest BCUT2D eigenvalue weighted by atomic mass is 16.3. The zero-order chi connectivity index (χ0) is 10.7. The third kappa shape index (κ3) is 2.42. The second kappa shape index (κ2) is 4.24. The number of aromatic nitrogens is 2. The summed E-state index contributed by atoms with van der Waals surface area (Å²) < 4.78 is 0. The van der Waals surface area contributed by atoms with Crippen LogP contribution in [-0.2, 0) is 0 Å². The van der Waals surface area contributed by atoms with Gasteiger partial charge in [-0.05, 0) is 18.8 Å². The number of anilines is 1. The molecule has 78 valence electrons. The lowest BCUT2D eigenvalue weighted by atomic mass is 10.2. The molecule has 15 heavy (non-hydrogen) atoms. The normalized spacial score (nSPS) is 16.8. The van der Waals surface area contributed by atoms with E-state index >= 15 is 0 Å². The van der Waals surface area contributed by atoms with Crippen LogP contribution in [0.25, 0.3) is 0 Å². The fourth-order valence-electron chi connectivity index (χ4n) is 1.40. The van der Waals surface area contributed by atoms with Crippen molar-refractivity contribution in [3.05, 3.63) is 18.1 Å². The van der Waals surface area contributed by atoms with Gasteiger partial charge in [0.15, 0.2) is 11.5 Å². The molecule has 5 nitrogen and oxygen atoms in total. The molecular weight excluding hydrogens is 192 g/mol. The van der Waals surface area contributed by atoms with Crippen LogP contribution in [0.15, 0.2) is 12.4 Å². The lowest BCUT2D eigenvalue weighted by Crippen LogP contribution is -2.22. The molecule has 0 radical (unpaired) electrons. The van der Waals surface area contributed by atoms with Crippen molar-refractivity contribution in [1.29, 1.82) is 5.26 Å². The van der Waals surface area contributed by atoms with Crippen LogP contribution >= 0.6 is 0 Å². The van der Waals surface area contributed by atoms with Gasteiger partial charge in [0, 0.05) is 18.9 Å². The molecular formula is C10H12N4O. The van der Waals surface area contributed by atoms with Gasteiger partial charge in [-0.1, -0.05) is 0 Å². The Bertz CT molecular complexity index is 383. The summed E-state index contributed by atoms with van der Waals surface area (Å²) in [5.41, 5.74) is 0.264. The fourth-order valence-corrected chi connectivity index (χ4v) is 1.40. The van der Waals surface area contributed by atoms with Crippen LogP contribution in [0.3, 0.4) is 0 Å². The summed E-state index contributed by atoms with van der Waals surface area (Å²) in [7, 11) is 0. The molecule has 2 N–H and O–H groups in total. The molecule has 1 heterocycles. The van der Waals surface area contributed by atoms with Gasteiger partial charge in [0.2, 0.25) is 0 Å². The Hall–Kier alpha value is -1.67. The molecule has 2 rings (SSSR count). The summed E-state index contributed by atoms with van der Waals surface area (Å²) >= 11 is 0. The van der Waals surface area contributed by atoms with Crippen LogP contribution in [0.5, 0.6) is 0 Å². The van der Waals surface area contributed by atoms with Crippen LogP contribution in [-0.4, -0.2) is 27.7 Å². The van der Waals surface area contributed by atoms with Gasteiger partial charge in [-0.3, -0.25) is 0 Å². The van der Waals surface area contributed by atoms with Crippen LogP contribution < -0.4 is 5.32 Å². The minimum absolute atomic E-state index is 0.264. The van der Waals surface area contributed by atoms with Gasteiger partial charge in [0.1, 0.15) is 6.07 Å². The van der Waals surface area contributed by atoms with E-state index in [-0.39, 0.29) is 11.8 Å². The predicted molar refractivity (Wildman–Crippen MR) is 54.0 cm³/mol. The van der Waals surface area contributed by atoms with Crippen molar-refractivity contribution in [3.63, 3.8) is 0 Å². The summed E-state index contributed by atoms with van der Waals surface area (Å²) in [6, 6.07) is 1.95. The molecule has 0 aromatic carbocycles. The van der Waals surface area contributed by atoms with Crippen molar-refractivity contribution in [1.82, 2.24) is 9.97 Å². The molecule has 1 saturated carbocycles. The Balaban J connectivity index is 1.95. The van der Waals surface area contributed by atoms with Gasteiger partial charge >= 0.3 is 0 Å². The van der Waals surface area contributed by atoms with E-state index in [2.05, 4.69) is 15.3 Å². The summed E-state index contributed by atoms with van der Waals surface area (Å²) in [6.07, 6.45) is 4.83. The first-order chi connectivity index (χ1) is 7.31. The number of nitrogens with one attached hydrogen (secondary N) is 1. The summed E-state index contributed by atoms with van der Waals surface area (Å²) in [6.45, 7) is 0.429. The number of nitriles is 1. The van der Waals surface area contributed by atoms with Crippen LogP contribution in [0.2, 0.25) is 0 Å². The standard InChI is InChI=1S/C10H12N4O/c11-5-8-10(13-4-3-12-8)14-6-9(15)7-1-2-7/h3-4,7,9,15H,1-2,6H2,(H,13,14). The van der Waals surface area contributed by atoms with E-state index in [1.165, 1.54) is 12.4 Å². The third-order valence-electron chi connectivity index (χ3n) is 2.45. The van der Waals surface area contributed by atoms with Crippen molar-refractivity contribution < 1.29 is 5.11 Å². The highest BCUT2D eigenvalue weighted by Gasteiger charge is 2.29. The number of aliphatic hydroxyl groups is 1. The lowest BCUT2D eigenvalue weighted by Gasteiger charge is -2.11. The second-order valence-electron chi connectivity index (χ2n) is 3.65. The largest absolute Gasteiger partial charge is 0.391 e.